The van der Waals surface area contributed by atoms with E-state index in [-0.39, 0.29) is 25.2 Å². The van der Waals surface area contributed by atoms with Gasteiger partial charge in [-0.15, -0.1) is 0 Å². The van der Waals surface area contributed by atoms with E-state index in [1.165, 1.54) is 0 Å². The molecule has 0 saturated carbocycles. The van der Waals surface area contributed by atoms with E-state index in [0.717, 1.165) is 28.0 Å². The van der Waals surface area contributed by atoms with Gasteiger partial charge in [0.15, 0.2) is 0 Å². The lowest BCUT2D eigenvalue weighted by Gasteiger charge is -2.23. The summed E-state index contributed by atoms with van der Waals surface area (Å²) in [5.41, 5.74) is 1.84. The van der Waals surface area contributed by atoms with E-state index >= 15 is 0 Å². The van der Waals surface area contributed by atoms with Crippen LogP contribution in [0.3, 0.4) is 0 Å². The second kappa shape index (κ2) is 7.78. The summed E-state index contributed by atoms with van der Waals surface area (Å²) in [5.74, 6) is -0.308. The quantitative estimate of drug-likeness (QED) is 0.711. The molecular weight excluding hydrogens is 392 g/mol. The number of carbonyl (C=O) groups excluding carboxylic acids is 2. The Morgan fingerprint density at radius 3 is 2.69 bits per heavy atom. The van der Waals surface area contributed by atoms with E-state index in [0.29, 0.717) is 11.4 Å². The number of hydrogen-bond donors (Lipinski definition) is 2. The average molecular weight is 415 g/mol. The smallest absolute Gasteiger partial charge is 0.325 e. The number of nitrogens with zero attached hydrogens (tertiary/aromatic N) is 1. The molecule has 1 spiro atoms. The van der Waals surface area contributed by atoms with Gasteiger partial charge >= 0.3 is 6.03 Å². The highest BCUT2D eigenvalue weighted by molar-refractivity contribution is 6.30. The summed E-state index contributed by atoms with van der Waals surface area (Å²) in [5, 5.41) is 13.9. The first-order valence-electron chi connectivity index (χ1n) is 9.68. The molecule has 1 aliphatic heterocycles. The van der Waals surface area contributed by atoms with Crippen molar-refractivity contribution in [3.05, 3.63) is 70.2 Å². The van der Waals surface area contributed by atoms with Gasteiger partial charge in [-0.05, 0) is 48.6 Å². The fourth-order valence-corrected chi connectivity index (χ4v) is 4.23. The molecule has 4 rings (SSSR count). The number of aliphatic hydroxyl groups excluding tert-OH is 1. The van der Waals surface area contributed by atoms with E-state index < -0.39 is 17.7 Å². The van der Waals surface area contributed by atoms with Gasteiger partial charge in [-0.2, -0.15) is 0 Å². The third kappa shape index (κ3) is 3.64. The number of amides is 3. The molecule has 1 saturated heterocycles. The average Bonchev–Trinajstić information content (AvgIpc) is 3.20. The number of ether oxygens (including phenoxy) is 1. The second-order valence-corrected chi connectivity index (χ2v) is 8.03. The molecule has 2 aromatic carbocycles. The lowest BCUT2D eigenvalue weighted by Crippen LogP contribution is -2.43. The first-order valence-corrected chi connectivity index (χ1v) is 10.1. The van der Waals surface area contributed by atoms with Gasteiger partial charge in [-0.25, -0.2) is 4.79 Å². The number of β-amino-alcohol motifs (C(OH)–C–C–N with tert-alkyl or cyclic N) is 1. The Balaban J connectivity index is 1.39. The van der Waals surface area contributed by atoms with Gasteiger partial charge in [0.05, 0.1) is 25.4 Å². The summed E-state index contributed by atoms with van der Waals surface area (Å²) < 4.78 is 5.72. The van der Waals surface area contributed by atoms with Gasteiger partial charge in [0, 0.05) is 5.02 Å². The molecule has 152 valence electrons. The van der Waals surface area contributed by atoms with Crippen LogP contribution in [0, 0.1) is 0 Å². The second-order valence-electron chi connectivity index (χ2n) is 7.59. The minimum absolute atomic E-state index is 0.00440. The first kappa shape index (κ1) is 19.9. The van der Waals surface area contributed by atoms with Crippen molar-refractivity contribution in [2.45, 2.75) is 37.5 Å². The van der Waals surface area contributed by atoms with Gasteiger partial charge in [0.25, 0.3) is 5.91 Å². The van der Waals surface area contributed by atoms with Gasteiger partial charge in [-0.1, -0.05) is 48.0 Å². The summed E-state index contributed by atoms with van der Waals surface area (Å²) >= 11 is 5.89. The van der Waals surface area contributed by atoms with Crippen molar-refractivity contribution in [1.82, 2.24) is 10.2 Å². The van der Waals surface area contributed by atoms with Gasteiger partial charge in [0.1, 0.15) is 5.54 Å². The predicted molar refractivity (Wildman–Crippen MR) is 109 cm³/mol. The van der Waals surface area contributed by atoms with E-state index in [4.69, 9.17) is 16.3 Å². The molecule has 29 heavy (non-hydrogen) atoms. The molecule has 2 N–H and O–H groups in total. The van der Waals surface area contributed by atoms with E-state index in [9.17, 15) is 14.7 Å². The SMILES string of the molecule is C[C@H](OC[C@H](O)CN1C(=O)N[C@@]2(CCc3ccccc32)C1=O)c1ccc(Cl)cc1. The molecule has 1 fully saturated rings. The van der Waals surface area contributed by atoms with Crippen LogP contribution in [0.5, 0.6) is 0 Å². The van der Waals surface area contributed by atoms with Crippen LogP contribution < -0.4 is 5.32 Å². The molecule has 0 unspecified atom stereocenters. The fourth-order valence-electron chi connectivity index (χ4n) is 4.10. The van der Waals surface area contributed by atoms with Crippen molar-refractivity contribution < 1.29 is 19.4 Å². The Bertz CT molecular complexity index is 933. The minimum Gasteiger partial charge on any atom is -0.389 e. The van der Waals surface area contributed by atoms with Gasteiger partial charge < -0.3 is 15.2 Å². The Kier molecular flexibility index (Phi) is 5.34. The van der Waals surface area contributed by atoms with Crippen molar-refractivity contribution in [2.24, 2.45) is 0 Å². The topological polar surface area (TPSA) is 78.9 Å². The van der Waals surface area contributed by atoms with Crippen LogP contribution in [0.4, 0.5) is 4.79 Å². The number of benzene rings is 2. The number of rotatable bonds is 6. The standard InChI is InChI=1S/C22H23ClN2O4/c1-14(15-6-8-17(23)9-7-15)29-13-18(26)12-25-20(27)22(24-21(25)28)11-10-16-4-2-3-5-19(16)22/h2-9,14,18,26H,10-13H2,1H3,(H,24,28)/t14-,18+,22+/m0/s1. The third-order valence-corrected chi connectivity index (χ3v) is 5.95. The zero-order valence-corrected chi connectivity index (χ0v) is 16.9. The maximum Gasteiger partial charge on any atom is 0.325 e. The summed E-state index contributed by atoms with van der Waals surface area (Å²) in [6.07, 6.45) is 0.0396. The number of nitrogens with one attached hydrogen (secondary N) is 1. The third-order valence-electron chi connectivity index (χ3n) is 5.69. The molecule has 1 heterocycles. The molecule has 7 heteroatoms. The molecule has 0 bridgehead atoms. The van der Waals surface area contributed by atoms with E-state index in [1.54, 1.807) is 12.1 Å². The normalized spacial score (nSPS) is 22.7. The summed E-state index contributed by atoms with van der Waals surface area (Å²) in [6.45, 7) is 1.76. The molecule has 0 aromatic heterocycles. The van der Waals surface area contributed by atoms with E-state index in [1.807, 2.05) is 43.3 Å². The number of carbonyl (C=O) groups is 2. The largest absolute Gasteiger partial charge is 0.389 e. The Hall–Kier alpha value is -2.41. The van der Waals surface area contributed by atoms with Crippen molar-refractivity contribution >= 4 is 23.5 Å². The molecule has 2 aliphatic rings. The molecule has 3 amide bonds. The van der Waals surface area contributed by atoms with Crippen molar-refractivity contribution in [2.75, 3.05) is 13.2 Å². The number of imide groups is 1. The van der Waals surface area contributed by atoms with Crippen LogP contribution in [0.15, 0.2) is 48.5 Å². The monoisotopic (exact) mass is 414 g/mol. The number of hydrogen-bond acceptors (Lipinski definition) is 4. The predicted octanol–water partition coefficient (Wildman–Crippen LogP) is 3.17. The molecule has 0 radical (unpaired) electrons. The minimum atomic E-state index is -1.01. The number of urea groups is 1. The zero-order chi connectivity index (χ0) is 20.6. The summed E-state index contributed by atoms with van der Waals surface area (Å²) in [6, 6.07) is 14.5. The van der Waals surface area contributed by atoms with Crippen molar-refractivity contribution in [3.8, 4) is 0 Å². The Morgan fingerprint density at radius 2 is 1.93 bits per heavy atom. The Morgan fingerprint density at radius 1 is 1.21 bits per heavy atom. The molecular formula is C22H23ClN2O4. The van der Waals surface area contributed by atoms with Crippen LogP contribution in [-0.2, 0) is 21.5 Å². The van der Waals surface area contributed by atoms with Gasteiger partial charge in [-0.3, -0.25) is 9.69 Å². The molecule has 1 aliphatic carbocycles. The molecule has 2 aromatic rings. The lowest BCUT2D eigenvalue weighted by atomic mass is 9.92. The number of aliphatic hydroxyl groups is 1. The highest BCUT2D eigenvalue weighted by Crippen LogP contribution is 2.41. The Labute approximate surface area is 174 Å². The van der Waals surface area contributed by atoms with Gasteiger partial charge in [0.2, 0.25) is 0 Å². The van der Waals surface area contributed by atoms with Crippen molar-refractivity contribution in [1.29, 1.82) is 0 Å². The highest BCUT2D eigenvalue weighted by atomic mass is 35.5. The van der Waals surface area contributed by atoms with Crippen LogP contribution in [0.25, 0.3) is 0 Å². The number of halogens is 1. The van der Waals surface area contributed by atoms with Crippen LogP contribution in [-0.4, -0.2) is 41.2 Å². The highest BCUT2D eigenvalue weighted by Gasteiger charge is 2.55. The van der Waals surface area contributed by atoms with Crippen LogP contribution in [0.1, 0.15) is 36.1 Å². The summed E-state index contributed by atoms with van der Waals surface area (Å²) in [4.78, 5) is 26.7. The van der Waals surface area contributed by atoms with Crippen LogP contribution >= 0.6 is 11.6 Å². The molecule has 6 nitrogen and oxygen atoms in total. The number of aryl methyl sites for hydroxylation is 1. The summed E-state index contributed by atoms with van der Waals surface area (Å²) in [7, 11) is 0. The maximum absolute atomic E-state index is 13.1. The number of fused-ring (bicyclic) bond motifs is 2. The molecule has 3 atom stereocenters. The zero-order valence-electron chi connectivity index (χ0n) is 16.1. The fraction of sp³-hybridized carbons (Fsp3) is 0.364. The lowest BCUT2D eigenvalue weighted by molar-refractivity contribution is -0.133. The van der Waals surface area contributed by atoms with Crippen LogP contribution in [0.2, 0.25) is 5.02 Å². The maximum atomic E-state index is 13.1. The van der Waals surface area contributed by atoms with E-state index in [2.05, 4.69) is 5.32 Å². The van der Waals surface area contributed by atoms with Crippen molar-refractivity contribution in [3.63, 3.8) is 0 Å². The first-order chi connectivity index (χ1) is 13.9.